The fourth-order valence-electron chi connectivity index (χ4n) is 4.10. The molecule has 0 fully saturated rings. The summed E-state index contributed by atoms with van der Waals surface area (Å²) in [5.74, 6) is 0.805. The fraction of sp³-hybridized carbons (Fsp3) is 0.0909. The van der Waals surface area contributed by atoms with Gasteiger partial charge in [0.25, 0.3) is 0 Å². The summed E-state index contributed by atoms with van der Waals surface area (Å²) in [6, 6.07) is 14.8. The maximum atomic E-state index is 11.9. The van der Waals surface area contributed by atoms with Crippen LogP contribution in [0.15, 0.2) is 59.6 Å². The van der Waals surface area contributed by atoms with Crippen LogP contribution in [0.2, 0.25) is 0 Å². The molecule has 1 atom stereocenters. The summed E-state index contributed by atoms with van der Waals surface area (Å²) in [7, 11) is 0. The molecule has 0 bridgehead atoms. The highest BCUT2D eigenvalue weighted by Crippen LogP contribution is 2.59. The Morgan fingerprint density at radius 2 is 1.59 bits per heavy atom. The number of phenols is 2. The highest BCUT2D eigenvalue weighted by atomic mass is 32.1. The van der Waals surface area contributed by atoms with E-state index in [0.717, 1.165) is 11.8 Å². The molecule has 0 aliphatic carbocycles. The van der Waals surface area contributed by atoms with Crippen molar-refractivity contribution in [2.75, 3.05) is 0 Å². The summed E-state index contributed by atoms with van der Waals surface area (Å²) in [5, 5.41) is 22.2. The Labute approximate surface area is 170 Å². The van der Waals surface area contributed by atoms with Crippen LogP contribution in [0.4, 0.5) is 5.69 Å². The first-order valence-corrected chi connectivity index (χ1v) is 9.18. The lowest BCUT2D eigenvalue weighted by atomic mass is 9.77. The zero-order valence-electron chi connectivity index (χ0n) is 14.8. The molecule has 7 heteroatoms. The zero-order valence-corrected chi connectivity index (χ0v) is 15.6. The second-order valence-electron chi connectivity index (χ2n) is 6.79. The van der Waals surface area contributed by atoms with Crippen molar-refractivity contribution in [3.8, 4) is 23.0 Å². The van der Waals surface area contributed by atoms with E-state index in [4.69, 9.17) is 9.47 Å². The van der Waals surface area contributed by atoms with Gasteiger partial charge >= 0.3 is 0 Å². The number of aliphatic imine (C=N–C) groups is 1. The highest BCUT2D eigenvalue weighted by molar-refractivity contribution is 7.78. The average molecular weight is 403 g/mol. The van der Waals surface area contributed by atoms with E-state index in [1.165, 1.54) is 24.3 Å². The van der Waals surface area contributed by atoms with Crippen molar-refractivity contribution in [3.63, 3.8) is 0 Å². The third-order valence-corrected chi connectivity index (χ3v) is 5.32. The number of carbonyl (C=O) groups is 1. The van der Waals surface area contributed by atoms with E-state index >= 15 is 0 Å². The van der Waals surface area contributed by atoms with E-state index < -0.39 is 11.7 Å². The van der Waals surface area contributed by atoms with Crippen LogP contribution in [0, 0.1) is 0 Å². The second-order valence-corrected chi connectivity index (χ2v) is 6.98. The third-order valence-electron chi connectivity index (χ3n) is 5.23. The van der Waals surface area contributed by atoms with Crippen molar-refractivity contribution in [1.82, 2.24) is 0 Å². The first-order valence-electron chi connectivity index (χ1n) is 8.77. The lowest BCUT2D eigenvalue weighted by molar-refractivity contribution is -0.123. The minimum Gasteiger partial charge on any atom is -0.508 e. The number of nitrogens with zero attached hydrogens (tertiary/aromatic N) is 1. The Hall–Kier alpha value is -3.51. The molecule has 2 N–H and O–H groups in total. The van der Waals surface area contributed by atoms with Crippen LogP contribution in [-0.4, -0.2) is 21.7 Å². The van der Waals surface area contributed by atoms with Crippen LogP contribution in [0.3, 0.4) is 0 Å². The van der Waals surface area contributed by atoms with E-state index in [1.807, 2.05) is 6.07 Å². The van der Waals surface area contributed by atoms with Gasteiger partial charge in [0.15, 0.2) is 11.9 Å². The predicted molar refractivity (Wildman–Crippen MR) is 107 cm³/mol. The van der Waals surface area contributed by atoms with Crippen molar-refractivity contribution in [2.24, 2.45) is 4.99 Å². The van der Waals surface area contributed by atoms with Crippen molar-refractivity contribution in [3.05, 3.63) is 76.9 Å². The Morgan fingerprint density at radius 3 is 2.17 bits per heavy atom. The Balaban J connectivity index is 1.86. The smallest absolute Gasteiger partial charge is 0.153 e. The topological polar surface area (TPSA) is 88.4 Å². The minimum absolute atomic E-state index is 0.0262. The minimum atomic E-state index is -1.15. The molecule has 1 spiro atoms. The lowest BCUT2D eigenvalue weighted by Crippen LogP contribution is -2.32. The molecule has 29 heavy (non-hydrogen) atoms. The maximum absolute atomic E-state index is 11.9. The monoisotopic (exact) mass is 403 g/mol. The van der Waals surface area contributed by atoms with Gasteiger partial charge in [0.05, 0.1) is 10.8 Å². The number of benzene rings is 3. The fourth-order valence-corrected chi connectivity index (χ4v) is 4.21. The van der Waals surface area contributed by atoms with Crippen LogP contribution in [0.1, 0.15) is 28.4 Å². The van der Waals surface area contributed by atoms with E-state index in [0.29, 0.717) is 33.9 Å². The number of thiocarbonyl (C=S) groups is 1. The molecule has 3 aromatic rings. The van der Waals surface area contributed by atoms with Gasteiger partial charge in [0.2, 0.25) is 0 Å². The summed E-state index contributed by atoms with van der Waals surface area (Å²) in [6.45, 7) is 0. The molecule has 0 saturated heterocycles. The number of carbonyl (C=O) groups excluding carboxylic acids is 1. The van der Waals surface area contributed by atoms with Gasteiger partial charge in [-0.1, -0.05) is 6.07 Å². The van der Waals surface area contributed by atoms with E-state index in [1.54, 1.807) is 24.3 Å². The van der Waals surface area contributed by atoms with Crippen LogP contribution in [0.25, 0.3) is 0 Å². The summed E-state index contributed by atoms with van der Waals surface area (Å²) in [6.07, 6.45) is -0.111. The van der Waals surface area contributed by atoms with Crippen molar-refractivity contribution in [2.45, 2.75) is 11.7 Å². The molecule has 2 aliphatic heterocycles. The first-order chi connectivity index (χ1) is 14.1. The molecule has 0 amide bonds. The van der Waals surface area contributed by atoms with Crippen LogP contribution >= 0.6 is 12.2 Å². The van der Waals surface area contributed by atoms with E-state index in [2.05, 4.69) is 22.4 Å². The number of ether oxygens (including phenoxy) is 2. The number of hydrogen-bond acceptors (Lipinski definition) is 7. The average Bonchev–Trinajstić information content (AvgIpc) is 3.02. The van der Waals surface area contributed by atoms with Gasteiger partial charge in [0, 0.05) is 23.3 Å². The largest absolute Gasteiger partial charge is 0.508 e. The quantitative estimate of drug-likeness (QED) is 0.372. The number of aromatic hydroxyl groups is 2. The Bertz CT molecular complexity index is 1180. The normalized spacial score (nSPS) is 17.4. The highest BCUT2D eigenvalue weighted by Gasteiger charge is 2.52. The summed E-state index contributed by atoms with van der Waals surface area (Å²) < 4.78 is 12.3. The van der Waals surface area contributed by atoms with Gasteiger partial charge in [-0.25, -0.2) is 0 Å². The molecule has 2 heterocycles. The molecule has 2 aliphatic rings. The van der Waals surface area contributed by atoms with Crippen LogP contribution in [-0.2, 0) is 15.1 Å². The van der Waals surface area contributed by atoms with Crippen LogP contribution in [0.5, 0.6) is 23.0 Å². The number of phenolic OH excluding ortho intramolecular Hbond substituents is 2. The van der Waals surface area contributed by atoms with Gasteiger partial charge in [-0.05, 0) is 59.7 Å². The molecule has 0 aromatic heterocycles. The molecule has 3 aromatic carbocycles. The predicted octanol–water partition coefficient (Wildman–Crippen LogP) is 4.50. The second kappa shape index (κ2) is 6.25. The Morgan fingerprint density at radius 1 is 0.966 bits per heavy atom. The standard InChI is InChI=1S/C22H13NO5S/c24-10-21-15-7-12(23-11-29)1-4-16(15)22(28-21)17-5-2-13(25)8-19(17)27-20-9-14(26)3-6-18(20)22/h1-10,21,25-26H. The summed E-state index contributed by atoms with van der Waals surface area (Å²) in [4.78, 5) is 15.9. The zero-order chi connectivity index (χ0) is 20.2. The van der Waals surface area contributed by atoms with Crippen molar-refractivity contribution < 1.29 is 24.5 Å². The van der Waals surface area contributed by atoms with Gasteiger partial charge in [-0.3, -0.25) is 0 Å². The van der Waals surface area contributed by atoms with Gasteiger partial charge in [-0.2, -0.15) is 4.99 Å². The third kappa shape index (κ3) is 2.42. The van der Waals surface area contributed by atoms with Gasteiger partial charge in [-0.15, -0.1) is 0 Å². The van der Waals surface area contributed by atoms with Gasteiger partial charge in [0.1, 0.15) is 29.1 Å². The van der Waals surface area contributed by atoms with Crippen LogP contribution < -0.4 is 4.74 Å². The molecule has 1 unspecified atom stereocenters. The molecular weight excluding hydrogens is 390 g/mol. The van der Waals surface area contributed by atoms with Crippen molar-refractivity contribution >= 4 is 29.4 Å². The van der Waals surface area contributed by atoms with Crippen molar-refractivity contribution in [1.29, 1.82) is 0 Å². The first kappa shape index (κ1) is 17.6. The van der Waals surface area contributed by atoms with E-state index in [9.17, 15) is 15.0 Å². The van der Waals surface area contributed by atoms with E-state index in [-0.39, 0.29) is 11.5 Å². The molecule has 0 saturated carbocycles. The lowest BCUT2D eigenvalue weighted by Gasteiger charge is -2.37. The SMILES string of the molecule is O=CC1OC2(c3ccc(O)cc3Oc3cc(O)ccc32)c2ccc(N=C=S)cc21. The molecule has 5 rings (SSSR count). The number of hydrogen-bond donors (Lipinski definition) is 2. The van der Waals surface area contributed by atoms with Gasteiger partial charge < -0.3 is 24.5 Å². The molecule has 142 valence electrons. The molecule has 0 radical (unpaired) electrons. The number of isothiocyanates is 1. The molecule has 6 nitrogen and oxygen atoms in total. The summed E-state index contributed by atoms with van der Waals surface area (Å²) >= 11 is 4.69. The number of aldehydes is 1. The maximum Gasteiger partial charge on any atom is 0.153 e. The summed E-state index contributed by atoms with van der Waals surface area (Å²) in [5.41, 5.74) is 2.11. The molecular formula is C22H13NO5S. The number of rotatable bonds is 2. The Kier molecular flexibility index (Phi) is 3.79. The number of fused-ring (bicyclic) bond motifs is 6.